The largest absolute Gasteiger partial charge is 0.389 e. The Morgan fingerprint density at radius 2 is 2.05 bits per heavy atom. The first kappa shape index (κ1) is 14.2. The highest BCUT2D eigenvalue weighted by Gasteiger charge is 2.12. The molecule has 0 bridgehead atoms. The summed E-state index contributed by atoms with van der Waals surface area (Å²) < 4.78 is 1.67. The van der Waals surface area contributed by atoms with Gasteiger partial charge >= 0.3 is 0 Å². The second kappa shape index (κ2) is 5.83. The van der Waals surface area contributed by atoms with E-state index in [2.05, 4.69) is 10.4 Å². The zero-order chi connectivity index (χ0) is 14.7. The van der Waals surface area contributed by atoms with E-state index in [1.807, 2.05) is 31.2 Å². The molecule has 2 aromatic rings. The van der Waals surface area contributed by atoms with Crippen molar-refractivity contribution in [3.8, 4) is 0 Å². The Hall–Kier alpha value is -2.21. The molecule has 1 amide bonds. The summed E-state index contributed by atoms with van der Waals surface area (Å²) in [5.74, 6) is -0.131. The molecule has 6 heteroatoms. The predicted octanol–water partition coefficient (Wildman–Crippen LogP) is 1.29. The van der Waals surface area contributed by atoms with Gasteiger partial charge in [-0.1, -0.05) is 36.5 Å². The van der Waals surface area contributed by atoms with E-state index in [1.165, 1.54) is 0 Å². The first-order valence-electron chi connectivity index (χ1n) is 6.14. The summed E-state index contributed by atoms with van der Waals surface area (Å²) in [5, 5.41) is 6.91. The highest BCUT2D eigenvalue weighted by molar-refractivity contribution is 7.80. The smallest absolute Gasteiger partial charge is 0.255 e. The Morgan fingerprint density at radius 3 is 2.55 bits per heavy atom. The molecule has 0 unspecified atom stereocenters. The van der Waals surface area contributed by atoms with E-state index in [4.69, 9.17) is 18.0 Å². The van der Waals surface area contributed by atoms with Crippen molar-refractivity contribution in [1.29, 1.82) is 0 Å². The third-order valence-electron chi connectivity index (χ3n) is 3.17. The summed E-state index contributed by atoms with van der Waals surface area (Å²) in [7, 11) is 1.81. The van der Waals surface area contributed by atoms with Gasteiger partial charge in [0, 0.05) is 24.8 Å². The van der Waals surface area contributed by atoms with Crippen molar-refractivity contribution < 1.29 is 4.79 Å². The average molecular weight is 288 g/mol. The number of rotatable bonds is 4. The number of hydrogen-bond acceptors (Lipinski definition) is 3. The Balaban J connectivity index is 2.00. The summed E-state index contributed by atoms with van der Waals surface area (Å²) in [5.41, 5.74) is 8.77. The number of thiocarbonyl (C=S) groups is 1. The minimum absolute atomic E-state index is 0.131. The molecule has 0 fully saturated rings. The molecule has 0 saturated carbocycles. The van der Waals surface area contributed by atoms with Gasteiger partial charge in [0.1, 0.15) is 4.99 Å². The lowest BCUT2D eigenvalue weighted by Crippen LogP contribution is -2.23. The lowest BCUT2D eigenvalue weighted by molar-refractivity contribution is 0.0950. The van der Waals surface area contributed by atoms with Crippen LogP contribution in [0.2, 0.25) is 0 Å². The van der Waals surface area contributed by atoms with Crippen LogP contribution >= 0.6 is 12.2 Å². The maximum Gasteiger partial charge on any atom is 0.255 e. The van der Waals surface area contributed by atoms with Crippen LogP contribution in [0.5, 0.6) is 0 Å². The number of nitrogens with zero attached hydrogens (tertiary/aromatic N) is 2. The Bertz CT molecular complexity index is 646. The second-order valence-corrected chi connectivity index (χ2v) is 4.95. The predicted molar refractivity (Wildman–Crippen MR) is 81.4 cm³/mol. The second-order valence-electron chi connectivity index (χ2n) is 4.51. The van der Waals surface area contributed by atoms with Crippen LogP contribution in [0, 0.1) is 6.92 Å². The van der Waals surface area contributed by atoms with E-state index in [1.54, 1.807) is 17.9 Å². The molecule has 104 valence electrons. The standard InChI is InChI=1S/C14H16N4OS/c1-9-12(8-17-18(9)2)14(19)16-7-10-3-5-11(6-4-10)13(15)20/h3-6,8H,7H2,1-2H3,(H2,15,20)(H,16,19). The van der Waals surface area contributed by atoms with Crippen molar-refractivity contribution in [3.05, 3.63) is 52.8 Å². The molecule has 0 aliphatic rings. The quantitative estimate of drug-likeness (QED) is 0.832. The van der Waals surface area contributed by atoms with Gasteiger partial charge in [-0.05, 0) is 12.5 Å². The highest BCUT2D eigenvalue weighted by atomic mass is 32.1. The molecule has 0 atom stereocenters. The van der Waals surface area contributed by atoms with Gasteiger partial charge in [0.15, 0.2) is 0 Å². The maximum absolute atomic E-state index is 12.0. The minimum Gasteiger partial charge on any atom is -0.389 e. The molecule has 0 radical (unpaired) electrons. The third-order valence-corrected chi connectivity index (χ3v) is 3.41. The molecular formula is C14H16N4OS. The van der Waals surface area contributed by atoms with Crippen LogP contribution in [0.15, 0.2) is 30.5 Å². The number of nitrogens with one attached hydrogen (secondary N) is 1. The number of nitrogens with two attached hydrogens (primary N) is 1. The van der Waals surface area contributed by atoms with Crippen molar-refractivity contribution >= 4 is 23.1 Å². The fourth-order valence-electron chi connectivity index (χ4n) is 1.79. The first-order valence-corrected chi connectivity index (χ1v) is 6.55. The number of carbonyl (C=O) groups excluding carboxylic acids is 1. The van der Waals surface area contributed by atoms with Crippen LogP contribution in [0.25, 0.3) is 0 Å². The van der Waals surface area contributed by atoms with E-state index < -0.39 is 0 Å². The SMILES string of the molecule is Cc1c(C(=O)NCc2ccc(C(N)=S)cc2)cnn1C. The molecule has 0 saturated heterocycles. The summed E-state index contributed by atoms with van der Waals surface area (Å²) >= 11 is 4.89. The Labute approximate surface area is 122 Å². The molecule has 2 rings (SSSR count). The summed E-state index contributed by atoms with van der Waals surface area (Å²) in [6, 6.07) is 7.48. The van der Waals surface area contributed by atoms with Crippen molar-refractivity contribution in [2.45, 2.75) is 13.5 Å². The minimum atomic E-state index is -0.131. The van der Waals surface area contributed by atoms with Gasteiger partial charge in [-0.25, -0.2) is 0 Å². The average Bonchev–Trinajstić information content (AvgIpc) is 2.77. The molecule has 1 heterocycles. The van der Waals surface area contributed by atoms with Crippen LogP contribution in [-0.2, 0) is 13.6 Å². The number of amides is 1. The summed E-state index contributed by atoms with van der Waals surface area (Å²) in [6.45, 7) is 2.31. The number of benzene rings is 1. The van der Waals surface area contributed by atoms with E-state index in [0.29, 0.717) is 17.1 Å². The molecule has 0 aliphatic heterocycles. The van der Waals surface area contributed by atoms with E-state index in [-0.39, 0.29) is 5.91 Å². The molecule has 3 N–H and O–H groups in total. The molecule has 20 heavy (non-hydrogen) atoms. The van der Waals surface area contributed by atoms with Crippen molar-refractivity contribution in [2.24, 2.45) is 12.8 Å². The van der Waals surface area contributed by atoms with Crippen molar-refractivity contribution in [3.63, 3.8) is 0 Å². The topological polar surface area (TPSA) is 72.9 Å². The van der Waals surface area contributed by atoms with Gasteiger partial charge in [0.05, 0.1) is 11.8 Å². The number of carbonyl (C=O) groups is 1. The van der Waals surface area contributed by atoms with Gasteiger partial charge in [0.2, 0.25) is 0 Å². The molecule has 1 aromatic carbocycles. The van der Waals surface area contributed by atoms with E-state index in [9.17, 15) is 4.79 Å². The van der Waals surface area contributed by atoms with Crippen LogP contribution in [0.4, 0.5) is 0 Å². The lowest BCUT2D eigenvalue weighted by Gasteiger charge is -2.06. The number of aryl methyl sites for hydroxylation is 1. The van der Waals surface area contributed by atoms with Gasteiger partial charge in [-0.15, -0.1) is 0 Å². The fraction of sp³-hybridized carbons (Fsp3) is 0.214. The summed E-state index contributed by atoms with van der Waals surface area (Å²) in [4.78, 5) is 12.4. The number of aromatic nitrogens is 2. The fourth-order valence-corrected chi connectivity index (χ4v) is 1.92. The molecule has 0 aliphatic carbocycles. The maximum atomic E-state index is 12.0. The third kappa shape index (κ3) is 3.03. The first-order chi connectivity index (χ1) is 9.49. The van der Waals surface area contributed by atoms with E-state index in [0.717, 1.165) is 16.8 Å². The zero-order valence-electron chi connectivity index (χ0n) is 11.4. The van der Waals surface area contributed by atoms with Crippen LogP contribution in [0.3, 0.4) is 0 Å². The molecule has 5 nitrogen and oxygen atoms in total. The monoisotopic (exact) mass is 288 g/mol. The van der Waals surface area contributed by atoms with Crippen molar-refractivity contribution in [2.75, 3.05) is 0 Å². The number of hydrogen-bond donors (Lipinski definition) is 2. The van der Waals surface area contributed by atoms with Gasteiger partial charge in [-0.2, -0.15) is 5.10 Å². The highest BCUT2D eigenvalue weighted by Crippen LogP contribution is 2.07. The normalized spacial score (nSPS) is 10.3. The molecule has 1 aromatic heterocycles. The molecular weight excluding hydrogens is 272 g/mol. The van der Waals surface area contributed by atoms with Gasteiger partial charge in [0.25, 0.3) is 5.91 Å². The lowest BCUT2D eigenvalue weighted by atomic mass is 10.1. The Morgan fingerprint density at radius 1 is 1.40 bits per heavy atom. The van der Waals surface area contributed by atoms with E-state index >= 15 is 0 Å². The Kier molecular flexibility index (Phi) is 4.14. The van der Waals surface area contributed by atoms with Gasteiger partial charge in [-0.3, -0.25) is 9.48 Å². The van der Waals surface area contributed by atoms with Crippen LogP contribution in [-0.4, -0.2) is 20.7 Å². The van der Waals surface area contributed by atoms with Crippen LogP contribution in [0.1, 0.15) is 27.2 Å². The zero-order valence-corrected chi connectivity index (χ0v) is 12.2. The van der Waals surface area contributed by atoms with Crippen molar-refractivity contribution in [1.82, 2.24) is 15.1 Å². The van der Waals surface area contributed by atoms with Gasteiger partial charge < -0.3 is 11.1 Å². The molecule has 0 spiro atoms. The summed E-state index contributed by atoms with van der Waals surface area (Å²) in [6.07, 6.45) is 1.57. The van der Waals surface area contributed by atoms with Crippen LogP contribution < -0.4 is 11.1 Å².